The molecule has 4 heterocycles. The molecule has 176 valence electrons. The van der Waals surface area contributed by atoms with E-state index in [1.165, 1.54) is 40.0 Å². The minimum absolute atomic E-state index is 0.0699. The second-order valence-corrected chi connectivity index (χ2v) is 8.47. The van der Waals surface area contributed by atoms with Crippen molar-refractivity contribution in [3.05, 3.63) is 69.3 Å². The van der Waals surface area contributed by atoms with Gasteiger partial charge in [0, 0.05) is 23.6 Å². The Morgan fingerprint density at radius 2 is 2.09 bits per heavy atom. The number of allylic oxidation sites excluding steroid dienone is 3. The van der Waals surface area contributed by atoms with Crippen LogP contribution in [0.3, 0.4) is 0 Å². The summed E-state index contributed by atoms with van der Waals surface area (Å²) in [5.74, 6) is 0.0341. The third kappa shape index (κ3) is 4.35. The average Bonchev–Trinajstić information content (AvgIpc) is 3.47. The van der Waals surface area contributed by atoms with Crippen LogP contribution in [0.25, 0.3) is 16.7 Å². The van der Waals surface area contributed by atoms with E-state index in [0.29, 0.717) is 16.5 Å². The number of rotatable bonds is 5. The Bertz CT molecular complexity index is 1480. The van der Waals surface area contributed by atoms with E-state index in [0.717, 1.165) is 0 Å². The number of aromatic nitrogens is 7. The number of thiazole rings is 1. The van der Waals surface area contributed by atoms with Crippen molar-refractivity contribution in [1.29, 1.82) is 0 Å². The fourth-order valence-electron chi connectivity index (χ4n) is 3.56. The van der Waals surface area contributed by atoms with Crippen molar-refractivity contribution < 1.29 is 22.4 Å². The van der Waals surface area contributed by atoms with Crippen LogP contribution in [0.2, 0.25) is 0 Å². The molecule has 34 heavy (non-hydrogen) atoms. The molecule has 4 aromatic rings. The lowest BCUT2D eigenvalue weighted by Gasteiger charge is -2.20. The summed E-state index contributed by atoms with van der Waals surface area (Å²) >= 11 is 1.35. The molecule has 0 radical (unpaired) electrons. The number of halogens is 3. The molecule has 0 N–H and O–H groups in total. The van der Waals surface area contributed by atoms with Gasteiger partial charge in [0.1, 0.15) is 11.6 Å². The molecular formula is C20H16F3N7O3S. The van der Waals surface area contributed by atoms with Crippen LogP contribution in [0.15, 0.2) is 50.9 Å². The van der Waals surface area contributed by atoms with E-state index in [1.54, 1.807) is 30.1 Å². The quantitative estimate of drug-likeness (QED) is 0.417. The van der Waals surface area contributed by atoms with Crippen LogP contribution in [-0.4, -0.2) is 40.7 Å². The molecule has 1 aliphatic carbocycles. The molecule has 0 fully saturated rings. The molecule has 0 saturated heterocycles. The van der Waals surface area contributed by atoms with Crippen molar-refractivity contribution in [3.8, 4) is 11.7 Å². The zero-order chi connectivity index (χ0) is 24.0. The molecule has 0 amide bonds. The molecule has 0 aliphatic heterocycles. The van der Waals surface area contributed by atoms with Gasteiger partial charge in [-0.3, -0.25) is 9.20 Å². The van der Waals surface area contributed by atoms with Crippen molar-refractivity contribution in [2.24, 2.45) is 5.92 Å². The van der Waals surface area contributed by atoms with Gasteiger partial charge in [-0.05, 0) is 25.0 Å². The van der Waals surface area contributed by atoms with Crippen LogP contribution in [0.5, 0.6) is 0 Å². The number of hydrogen-bond acceptors (Lipinski definition) is 9. The van der Waals surface area contributed by atoms with Gasteiger partial charge in [0.15, 0.2) is 10.8 Å². The van der Waals surface area contributed by atoms with Crippen molar-refractivity contribution in [2.75, 3.05) is 0 Å². The van der Waals surface area contributed by atoms with Gasteiger partial charge in [0.05, 0.1) is 12.2 Å². The van der Waals surface area contributed by atoms with Gasteiger partial charge in [-0.25, -0.2) is 14.6 Å². The van der Waals surface area contributed by atoms with Crippen molar-refractivity contribution >= 4 is 16.3 Å². The van der Waals surface area contributed by atoms with E-state index in [-0.39, 0.29) is 41.3 Å². The van der Waals surface area contributed by atoms with E-state index in [1.807, 2.05) is 0 Å². The topological polar surface area (TPSA) is 113 Å². The number of aryl methyl sites for hydroxylation is 1. The Balaban J connectivity index is 1.34. The third-order valence-electron chi connectivity index (χ3n) is 5.15. The van der Waals surface area contributed by atoms with E-state index >= 15 is 0 Å². The van der Waals surface area contributed by atoms with Crippen LogP contribution in [-0.2, 0) is 11.3 Å². The van der Waals surface area contributed by atoms with Gasteiger partial charge in [-0.2, -0.15) is 4.98 Å². The molecule has 2 unspecified atom stereocenters. The molecule has 0 spiro atoms. The number of hydrogen-bond donors (Lipinski definition) is 0. The average molecular weight is 491 g/mol. The van der Waals surface area contributed by atoms with E-state index in [9.17, 15) is 18.0 Å². The highest BCUT2D eigenvalue weighted by Gasteiger charge is 2.33. The van der Waals surface area contributed by atoms with E-state index in [2.05, 4.69) is 29.9 Å². The van der Waals surface area contributed by atoms with Crippen molar-refractivity contribution in [2.45, 2.75) is 32.7 Å². The zero-order valence-electron chi connectivity index (χ0n) is 17.7. The van der Waals surface area contributed by atoms with Gasteiger partial charge < -0.3 is 9.26 Å². The van der Waals surface area contributed by atoms with Gasteiger partial charge in [-0.1, -0.05) is 18.2 Å². The summed E-state index contributed by atoms with van der Waals surface area (Å²) in [5.41, 5.74) is 0.344. The van der Waals surface area contributed by atoms with Gasteiger partial charge >= 0.3 is 6.36 Å². The first-order valence-electron chi connectivity index (χ1n) is 10.0. The summed E-state index contributed by atoms with van der Waals surface area (Å²) in [6.45, 7) is 3.68. The molecular weight excluding hydrogens is 475 g/mol. The first-order valence-corrected chi connectivity index (χ1v) is 10.9. The van der Waals surface area contributed by atoms with Gasteiger partial charge in [0.2, 0.25) is 5.82 Å². The number of nitrogens with zero attached hydrogens (tertiary/aromatic N) is 7. The van der Waals surface area contributed by atoms with Crippen LogP contribution in [0.1, 0.15) is 30.2 Å². The standard InChI is InChI=1S/C20H16F3N7O3S/c1-10-7-13(32-20(21,22)23)3-4-14(10)16-26-18(33-28-16)17-24-11(2)30(27-17)9-12-8-15(31)29-5-6-34-19(29)25-12/h3-8,10,14H,9H2,1-2H3. The maximum Gasteiger partial charge on any atom is 0.573 e. The second kappa shape index (κ2) is 8.20. The second-order valence-electron chi connectivity index (χ2n) is 7.60. The number of alkyl halides is 3. The van der Waals surface area contributed by atoms with E-state index < -0.39 is 12.3 Å². The highest BCUT2D eigenvalue weighted by Crippen LogP contribution is 2.33. The monoisotopic (exact) mass is 491 g/mol. The van der Waals surface area contributed by atoms with Crippen LogP contribution in [0.4, 0.5) is 13.2 Å². The lowest BCUT2D eigenvalue weighted by molar-refractivity contribution is -0.303. The summed E-state index contributed by atoms with van der Waals surface area (Å²) in [5, 5.41) is 10.1. The Hall–Kier alpha value is -3.81. The van der Waals surface area contributed by atoms with Crippen LogP contribution >= 0.6 is 11.3 Å². The van der Waals surface area contributed by atoms with Gasteiger partial charge in [-0.15, -0.1) is 29.6 Å². The minimum Gasteiger partial charge on any atom is -0.406 e. The van der Waals surface area contributed by atoms with Gasteiger partial charge in [0.25, 0.3) is 11.4 Å². The summed E-state index contributed by atoms with van der Waals surface area (Å²) in [6.07, 6.45) is 1.01. The summed E-state index contributed by atoms with van der Waals surface area (Å²) in [4.78, 5) is 25.9. The highest BCUT2D eigenvalue weighted by molar-refractivity contribution is 7.15. The molecule has 10 nitrogen and oxygen atoms in total. The molecule has 0 aromatic carbocycles. The Labute approximate surface area is 193 Å². The van der Waals surface area contributed by atoms with Crippen molar-refractivity contribution in [3.63, 3.8) is 0 Å². The summed E-state index contributed by atoms with van der Waals surface area (Å²) in [7, 11) is 0. The SMILES string of the molecule is Cc1nc(-c2nc(C3C=CC(OC(F)(F)F)=CC3C)no2)nn1Cc1cc(=O)n2ccsc2n1. The molecule has 5 rings (SSSR count). The lowest BCUT2D eigenvalue weighted by Crippen LogP contribution is -2.17. The minimum atomic E-state index is -4.76. The fraction of sp³-hybridized carbons (Fsp3) is 0.300. The zero-order valence-corrected chi connectivity index (χ0v) is 18.5. The van der Waals surface area contributed by atoms with Crippen LogP contribution < -0.4 is 5.56 Å². The molecule has 14 heteroatoms. The first kappa shape index (κ1) is 22.0. The maximum atomic E-state index is 12.5. The smallest absolute Gasteiger partial charge is 0.406 e. The molecule has 1 aliphatic rings. The normalized spacial score (nSPS) is 18.4. The fourth-order valence-corrected chi connectivity index (χ4v) is 4.30. The first-order chi connectivity index (χ1) is 16.2. The Kier molecular flexibility index (Phi) is 5.31. The van der Waals surface area contributed by atoms with Crippen LogP contribution in [0, 0.1) is 12.8 Å². The third-order valence-corrected chi connectivity index (χ3v) is 5.91. The highest BCUT2D eigenvalue weighted by atomic mass is 32.1. The van der Waals surface area contributed by atoms with E-state index in [4.69, 9.17) is 4.52 Å². The van der Waals surface area contributed by atoms with Crippen molar-refractivity contribution in [1.82, 2.24) is 34.3 Å². The summed E-state index contributed by atoms with van der Waals surface area (Å²) in [6, 6.07) is 1.44. The Morgan fingerprint density at radius 3 is 2.85 bits per heavy atom. The largest absolute Gasteiger partial charge is 0.573 e. The predicted molar refractivity (Wildman–Crippen MR) is 113 cm³/mol. The summed E-state index contributed by atoms with van der Waals surface area (Å²) < 4.78 is 49.7. The number of fused-ring (bicyclic) bond motifs is 1. The molecule has 0 bridgehead atoms. The molecule has 0 saturated carbocycles. The predicted octanol–water partition coefficient (Wildman–Crippen LogP) is 3.46. The molecule has 4 aromatic heterocycles. The Morgan fingerprint density at radius 1 is 1.26 bits per heavy atom. The number of ether oxygens (including phenoxy) is 1. The lowest BCUT2D eigenvalue weighted by atomic mass is 9.89. The molecule has 2 atom stereocenters. The maximum absolute atomic E-state index is 12.5.